The van der Waals surface area contributed by atoms with E-state index in [1.165, 1.54) is 12.1 Å². The van der Waals surface area contributed by atoms with Crippen LogP contribution in [-0.2, 0) is 0 Å². The van der Waals surface area contributed by atoms with Crippen molar-refractivity contribution in [2.75, 3.05) is 0 Å². The lowest BCUT2D eigenvalue weighted by molar-refractivity contribution is 0.100. The van der Waals surface area contributed by atoms with Crippen LogP contribution in [0.25, 0.3) is 11.0 Å². The van der Waals surface area contributed by atoms with E-state index in [1.54, 1.807) is 18.2 Å². The summed E-state index contributed by atoms with van der Waals surface area (Å²) in [6.45, 7) is 0. The Kier molecular flexibility index (Phi) is 3.14. The molecule has 0 bridgehead atoms. The van der Waals surface area contributed by atoms with Crippen LogP contribution in [0.2, 0.25) is 0 Å². The molecule has 0 amide bonds. The van der Waals surface area contributed by atoms with Crippen molar-refractivity contribution in [3.63, 3.8) is 0 Å². The number of halogens is 3. The van der Waals surface area contributed by atoms with Gasteiger partial charge in [-0.25, -0.2) is 8.78 Å². The summed E-state index contributed by atoms with van der Waals surface area (Å²) < 4.78 is 33.3. The smallest absolute Gasteiger partial charge is 0.234 e. The summed E-state index contributed by atoms with van der Waals surface area (Å²) in [7, 11) is 0. The number of fused-ring (bicyclic) bond motifs is 1. The van der Waals surface area contributed by atoms with E-state index < -0.39 is 23.0 Å². The van der Waals surface area contributed by atoms with Crippen molar-refractivity contribution in [3.05, 3.63) is 69.9 Å². The van der Waals surface area contributed by atoms with E-state index in [1.807, 2.05) is 0 Å². The molecule has 0 radical (unpaired) electrons. The van der Waals surface area contributed by atoms with E-state index in [2.05, 4.69) is 15.9 Å². The Morgan fingerprint density at radius 1 is 1.05 bits per heavy atom. The second kappa shape index (κ2) is 4.83. The summed E-state index contributed by atoms with van der Waals surface area (Å²) in [5, 5.41) is 0.680. The van der Waals surface area contributed by atoms with Gasteiger partial charge in [-0.2, -0.15) is 0 Å². The van der Waals surface area contributed by atoms with Crippen LogP contribution in [0.3, 0.4) is 0 Å². The first-order valence-corrected chi connectivity index (χ1v) is 6.54. The van der Waals surface area contributed by atoms with Crippen molar-refractivity contribution in [1.82, 2.24) is 0 Å². The Morgan fingerprint density at radius 2 is 1.70 bits per heavy atom. The number of carbonyl (C=O) groups excluding carboxylic acids is 1. The van der Waals surface area contributed by atoms with Gasteiger partial charge in [-0.1, -0.05) is 18.2 Å². The zero-order valence-corrected chi connectivity index (χ0v) is 11.6. The average molecular weight is 337 g/mol. The molecule has 0 aliphatic carbocycles. The van der Waals surface area contributed by atoms with Crippen LogP contribution in [0, 0.1) is 11.6 Å². The van der Waals surface area contributed by atoms with Crippen molar-refractivity contribution in [2.24, 2.45) is 0 Å². The van der Waals surface area contributed by atoms with E-state index in [0.717, 1.165) is 12.1 Å². The Hall–Kier alpha value is -2.01. The zero-order chi connectivity index (χ0) is 14.3. The van der Waals surface area contributed by atoms with Gasteiger partial charge in [0.2, 0.25) is 5.78 Å². The topological polar surface area (TPSA) is 30.2 Å². The molecule has 3 rings (SSSR count). The van der Waals surface area contributed by atoms with E-state index >= 15 is 0 Å². The molecule has 3 aromatic rings. The van der Waals surface area contributed by atoms with Gasteiger partial charge in [-0.15, -0.1) is 0 Å². The van der Waals surface area contributed by atoms with Gasteiger partial charge in [0.25, 0.3) is 0 Å². The minimum Gasteiger partial charge on any atom is -0.451 e. The molecule has 1 heterocycles. The first-order chi connectivity index (χ1) is 9.58. The van der Waals surface area contributed by atoms with Crippen molar-refractivity contribution >= 4 is 32.7 Å². The Bertz CT molecular complexity index is 804. The fourth-order valence-corrected chi connectivity index (χ4v) is 2.44. The molecule has 0 unspecified atom stereocenters. The molecule has 0 N–H and O–H groups in total. The molecule has 0 fully saturated rings. The van der Waals surface area contributed by atoms with Crippen LogP contribution in [0.1, 0.15) is 16.1 Å². The molecule has 0 aliphatic rings. The van der Waals surface area contributed by atoms with Gasteiger partial charge < -0.3 is 4.42 Å². The predicted octanol–water partition coefficient (Wildman–Crippen LogP) is 4.70. The SMILES string of the molecule is O=C(c1cc2cccc(Br)c2o1)c1c(F)cccc1F. The molecule has 0 aliphatic heterocycles. The number of benzene rings is 2. The van der Waals surface area contributed by atoms with Crippen molar-refractivity contribution in [3.8, 4) is 0 Å². The molecule has 2 aromatic carbocycles. The number of furan rings is 1. The third-order valence-electron chi connectivity index (χ3n) is 2.91. The normalized spacial score (nSPS) is 10.9. The minimum absolute atomic E-state index is 0.101. The zero-order valence-electron chi connectivity index (χ0n) is 9.99. The number of ketones is 1. The maximum Gasteiger partial charge on any atom is 0.234 e. The number of hydrogen-bond acceptors (Lipinski definition) is 2. The fourth-order valence-electron chi connectivity index (χ4n) is 1.98. The highest BCUT2D eigenvalue weighted by molar-refractivity contribution is 9.10. The minimum atomic E-state index is -0.908. The largest absolute Gasteiger partial charge is 0.451 e. The van der Waals surface area contributed by atoms with Crippen molar-refractivity contribution in [2.45, 2.75) is 0 Å². The van der Waals surface area contributed by atoms with Crippen LogP contribution in [-0.4, -0.2) is 5.78 Å². The first-order valence-electron chi connectivity index (χ1n) is 5.74. The van der Waals surface area contributed by atoms with E-state index in [-0.39, 0.29) is 5.76 Å². The number of rotatable bonds is 2. The molecule has 0 atom stereocenters. The van der Waals surface area contributed by atoms with Crippen LogP contribution in [0.4, 0.5) is 8.78 Å². The predicted molar refractivity (Wildman–Crippen MR) is 73.7 cm³/mol. The van der Waals surface area contributed by atoms with Crippen molar-refractivity contribution in [1.29, 1.82) is 0 Å². The van der Waals surface area contributed by atoms with Gasteiger partial charge in [0.05, 0.1) is 10.0 Å². The van der Waals surface area contributed by atoms with E-state index in [0.29, 0.717) is 15.4 Å². The highest BCUT2D eigenvalue weighted by atomic mass is 79.9. The van der Waals surface area contributed by atoms with Gasteiger partial charge in [0.15, 0.2) is 5.76 Å². The van der Waals surface area contributed by atoms with E-state index in [4.69, 9.17) is 4.42 Å². The van der Waals surface area contributed by atoms with Crippen LogP contribution >= 0.6 is 15.9 Å². The standard InChI is InChI=1S/C15H7BrF2O2/c16-9-4-1-3-8-7-12(20-15(8)9)14(19)13-10(17)5-2-6-11(13)18/h1-7H. The summed E-state index contributed by atoms with van der Waals surface area (Å²) in [6, 6.07) is 10.0. The molecule has 0 saturated carbocycles. The lowest BCUT2D eigenvalue weighted by Crippen LogP contribution is -2.06. The third-order valence-corrected chi connectivity index (χ3v) is 3.53. The Morgan fingerprint density at radius 3 is 2.35 bits per heavy atom. The molecule has 2 nitrogen and oxygen atoms in total. The quantitative estimate of drug-likeness (QED) is 0.634. The maximum atomic E-state index is 13.6. The molecule has 0 saturated heterocycles. The summed E-state index contributed by atoms with van der Waals surface area (Å²) in [5.74, 6) is -2.73. The molecule has 20 heavy (non-hydrogen) atoms. The third kappa shape index (κ3) is 2.04. The first kappa shape index (κ1) is 13.0. The van der Waals surface area contributed by atoms with Crippen LogP contribution in [0.5, 0.6) is 0 Å². The molecule has 100 valence electrons. The van der Waals surface area contributed by atoms with Crippen molar-refractivity contribution < 1.29 is 18.0 Å². The average Bonchev–Trinajstić information content (AvgIpc) is 2.84. The van der Waals surface area contributed by atoms with Crippen LogP contribution < -0.4 is 0 Å². The summed E-state index contributed by atoms with van der Waals surface area (Å²) in [4.78, 5) is 12.2. The summed E-state index contributed by atoms with van der Waals surface area (Å²) in [5.41, 5.74) is -0.143. The van der Waals surface area contributed by atoms with Gasteiger partial charge in [0.1, 0.15) is 17.2 Å². The second-order valence-corrected chi connectivity index (χ2v) is 5.05. The summed E-state index contributed by atoms with van der Waals surface area (Å²) >= 11 is 3.29. The van der Waals surface area contributed by atoms with E-state index in [9.17, 15) is 13.6 Å². The van der Waals surface area contributed by atoms with Crippen LogP contribution in [0.15, 0.2) is 51.4 Å². The maximum absolute atomic E-state index is 13.6. The summed E-state index contributed by atoms with van der Waals surface area (Å²) in [6.07, 6.45) is 0. The fraction of sp³-hybridized carbons (Fsp3) is 0. The molecule has 5 heteroatoms. The lowest BCUT2D eigenvalue weighted by atomic mass is 10.1. The highest BCUT2D eigenvalue weighted by Gasteiger charge is 2.22. The van der Waals surface area contributed by atoms with Gasteiger partial charge in [0, 0.05) is 5.39 Å². The van der Waals surface area contributed by atoms with Gasteiger partial charge in [-0.05, 0) is 40.2 Å². The number of hydrogen-bond donors (Lipinski definition) is 0. The Balaban J connectivity index is 2.16. The number of carbonyl (C=O) groups is 1. The lowest BCUT2D eigenvalue weighted by Gasteiger charge is -2.01. The highest BCUT2D eigenvalue weighted by Crippen LogP contribution is 2.28. The Labute approximate surface area is 121 Å². The van der Waals surface area contributed by atoms with Gasteiger partial charge in [-0.3, -0.25) is 4.79 Å². The monoisotopic (exact) mass is 336 g/mol. The second-order valence-electron chi connectivity index (χ2n) is 4.19. The molecular weight excluding hydrogens is 330 g/mol. The molecule has 1 aromatic heterocycles. The molecule has 0 spiro atoms. The van der Waals surface area contributed by atoms with Gasteiger partial charge >= 0.3 is 0 Å². The molecular formula is C15H7BrF2O2. The number of para-hydroxylation sites is 1.